The Bertz CT molecular complexity index is 429. The minimum atomic E-state index is -0.550. The molecule has 0 fully saturated rings. The molecule has 0 aromatic heterocycles. The van der Waals surface area contributed by atoms with Crippen molar-refractivity contribution in [1.29, 1.82) is 0 Å². The molecule has 0 unspecified atom stereocenters. The molecule has 94 valence electrons. The Kier molecular flexibility index (Phi) is 4.44. The lowest BCUT2D eigenvalue weighted by atomic mass is 9.92. The van der Waals surface area contributed by atoms with E-state index in [1.807, 2.05) is 32.8 Å². The van der Waals surface area contributed by atoms with E-state index in [0.29, 0.717) is 5.56 Å². The van der Waals surface area contributed by atoms with Crippen LogP contribution in [0.5, 0.6) is 0 Å². The number of ketones is 1. The molecule has 0 spiro atoms. The molecule has 2 nitrogen and oxygen atoms in total. The minimum absolute atomic E-state index is 0.0637. The molecule has 0 N–H and O–H groups in total. The van der Waals surface area contributed by atoms with Crippen molar-refractivity contribution in [3.8, 4) is 0 Å². The summed E-state index contributed by atoms with van der Waals surface area (Å²) in [5.41, 5.74) is 0.135. The van der Waals surface area contributed by atoms with Crippen molar-refractivity contribution >= 4 is 21.7 Å². The van der Waals surface area contributed by atoms with Gasteiger partial charge in [-0.2, -0.15) is 0 Å². The maximum absolute atomic E-state index is 13.1. The summed E-state index contributed by atoms with van der Waals surface area (Å²) in [5, 5.41) is 0. The van der Waals surface area contributed by atoms with E-state index in [-0.39, 0.29) is 18.0 Å². The van der Waals surface area contributed by atoms with Gasteiger partial charge in [-0.05, 0) is 51.7 Å². The molecule has 0 bridgehead atoms. The number of benzene rings is 1. The topological polar surface area (TPSA) is 20.3 Å². The maximum Gasteiger partial charge on any atom is 0.156 e. The third-order valence-corrected chi connectivity index (χ3v) is 3.93. The van der Waals surface area contributed by atoms with Crippen LogP contribution >= 0.6 is 15.9 Å². The lowest BCUT2D eigenvalue weighted by Gasteiger charge is -2.31. The smallest absolute Gasteiger partial charge is 0.156 e. The van der Waals surface area contributed by atoms with Gasteiger partial charge in [0.05, 0.1) is 5.54 Å². The minimum Gasteiger partial charge on any atom is -0.298 e. The molecule has 0 aliphatic carbocycles. The maximum atomic E-state index is 13.1. The second-order valence-electron chi connectivity index (χ2n) is 4.79. The van der Waals surface area contributed by atoms with Gasteiger partial charge in [0, 0.05) is 10.9 Å². The summed E-state index contributed by atoms with van der Waals surface area (Å²) < 4.78 is 13.9. The molecule has 0 amide bonds. The largest absolute Gasteiger partial charge is 0.298 e. The Morgan fingerprint density at radius 1 is 1.41 bits per heavy atom. The van der Waals surface area contributed by atoms with E-state index < -0.39 is 5.54 Å². The van der Waals surface area contributed by atoms with Crippen LogP contribution in [-0.2, 0) is 11.2 Å². The van der Waals surface area contributed by atoms with Gasteiger partial charge in [0.2, 0.25) is 0 Å². The fraction of sp³-hybridized carbons (Fsp3) is 0.462. The Labute approximate surface area is 110 Å². The van der Waals surface area contributed by atoms with Crippen molar-refractivity contribution in [3.63, 3.8) is 0 Å². The van der Waals surface area contributed by atoms with Crippen LogP contribution in [0.25, 0.3) is 0 Å². The molecule has 4 heteroatoms. The zero-order valence-electron chi connectivity index (χ0n) is 10.6. The summed E-state index contributed by atoms with van der Waals surface area (Å²) >= 11 is 3.33. The van der Waals surface area contributed by atoms with Crippen LogP contribution in [0.4, 0.5) is 4.39 Å². The zero-order valence-corrected chi connectivity index (χ0v) is 12.1. The predicted molar refractivity (Wildman–Crippen MR) is 70.6 cm³/mol. The van der Waals surface area contributed by atoms with Crippen LogP contribution in [-0.4, -0.2) is 30.3 Å². The van der Waals surface area contributed by atoms with E-state index in [1.54, 1.807) is 6.07 Å². The number of Topliss-reactive ketones (excluding diaryl/α,β-unsaturated/α-hetero) is 1. The molecule has 17 heavy (non-hydrogen) atoms. The molecule has 0 radical (unpaired) electrons. The van der Waals surface area contributed by atoms with Gasteiger partial charge < -0.3 is 0 Å². The number of likely N-dealkylation sites (N-methyl/N-ethyl adjacent to an activating group) is 1. The van der Waals surface area contributed by atoms with Gasteiger partial charge >= 0.3 is 0 Å². The highest BCUT2D eigenvalue weighted by Crippen LogP contribution is 2.22. The van der Waals surface area contributed by atoms with E-state index in [9.17, 15) is 9.18 Å². The summed E-state index contributed by atoms with van der Waals surface area (Å²) in [6.07, 6.45) is 0.226. The Morgan fingerprint density at radius 3 is 2.53 bits per heavy atom. The quantitative estimate of drug-likeness (QED) is 0.852. The number of nitrogens with zero attached hydrogens (tertiary/aromatic N) is 1. The lowest BCUT2D eigenvalue weighted by Crippen LogP contribution is -2.46. The first-order chi connectivity index (χ1) is 7.75. The number of carbonyl (C=O) groups excluding carboxylic acids is 1. The van der Waals surface area contributed by atoms with E-state index in [4.69, 9.17) is 0 Å². The molecule has 0 saturated heterocycles. The molecular weight excluding hydrogens is 285 g/mol. The van der Waals surface area contributed by atoms with Crippen molar-refractivity contribution in [2.24, 2.45) is 0 Å². The van der Waals surface area contributed by atoms with Gasteiger partial charge in [-0.25, -0.2) is 4.39 Å². The molecule has 0 saturated carbocycles. The van der Waals surface area contributed by atoms with Crippen LogP contribution in [0.1, 0.15) is 19.4 Å². The van der Waals surface area contributed by atoms with Gasteiger partial charge in [0.25, 0.3) is 0 Å². The molecule has 1 aromatic rings. The van der Waals surface area contributed by atoms with Crippen LogP contribution in [0, 0.1) is 5.82 Å². The molecule has 0 aliphatic rings. The van der Waals surface area contributed by atoms with E-state index in [1.165, 1.54) is 12.1 Å². The average molecular weight is 302 g/mol. The van der Waals surface area contributed by atoms with Crippen LogP contribution < -0.4 is 0 Å². The first-order valence-corrected chi connectivity index (χ1v) is 6.19. The monoisotopic (exact) mass is 301 g/mol. The van der Waals surface area contributed by atoms with E-state index in [2.05, 4.69) is 15.9 Å². The third kappa shape index (κ3) is 3.36. The third-order valence-electron chi connectivity index (χ3n) is 3.16. The van der Waals surface area contributed by atoms with Gasteiger partial charge in [0.15, 0.2) is 5.78 Å². The number of hydrogen-bond acceptors (Lipinski definition) is 2. The van der Waals surface area contributed by atoms with Gasteiger partial charge in [-0.3, -0.25) is 9.69 Å². The number of rotatable bonds is 4. The van der Waals surface area contributed by atoms with Crippen LogP contribution in [0.2, 0.25) is 0 Å². The first-order valence-electron chi connectivity index (χ1n) is 5.40. The SMILES string of the molecule is CN(C)C(C)(C)C(=O)Cc1cc(F)ccc1Br. The second kappa shape index (κ2) is 5.27. The van der Waals surface area contributed by atoms with Crippen molar-refractivity contribution in [1.82, 2.24) is 4.90 Å². The Balaban J connectivity index is 2.92. The average Bonchev–Trinajstić information content (AvgIpc) is 2.23. The predicted octanol–water partition coefficient (Wildman–Crippen LogP) is 3.04. The molecular formula is C13H17BrFNO. The van der Waals surface area contributed by atoms with Crippen molar-refractivity contribution in [2.45, 2.75) is 25.8 Å². The molecule has 0 atom stereocenters. The Hall–Kier alpha value is -0.740. The van der Waals surface area contributed by atoms with Crippen molar-refractivity contribution in [3.05, 3.63) is 34.1 Å². The molecule has 0 heterocycles. The first kappa shape index (κ1) is 14.3. The highest BCUT2D eigenvalue weighted by atomic mass is 79.9. The summed E-state index contributed by atoms with van der Waals surface area (Å²) in [7, 11) is 3.72. The van der Waals surface area contributed by atoms with Gasteiger partial charge in [0.1, 0.15) is 5.82 Å². The Morgan fingerprint density at radius 2 is 2.00 bits per heavy atom. The number of halogens is 2. The standard InChI is InChI=1S/C13H17BrFNO/c1-13(2,16(3)4)12(17)8-9-7-10(15)5-6-11(9)14/h5-7H,8H2,1-4H3. The van der Waals surface area contributed by atoms with Crippen LogP contribution in [0.3, 0.4) is 0 Å². The summed E-state index contributed by atoms with van der Waals surface area (Å²) in [4.78, 5) is 14.0. The second-order valence-corrected chi connectivity index (χ2v) is 5.64. The lowest BCUT2D eigenvalue weighted by molar-refractivity contribution is -0.127. The summed E-state index contributed by atoms with van der Waals surface area (Å²) in [6, 6.07) is 4.39. The normalized spacial score (nSPS) is 11.9. The van der Waals surface area contributed by atoms with Crippen LogP contribution in [0.15, 0.2) is 22.7 Å². The fourth-order valence-electron chi connectivity index (χ4n) is 1.32. The molecule has 1 rings (SSSR count). The fourth-order valence-corrected chi connectivity index (χ4v) is 1.70. The van der Waals surface area contributed by atoms with E-state index >= 15 is 0 Å². The highest BCUT2D eigenvalue weighted by Gasteiger charge is 2.29. The van der Waals surface area contributed by atoms with E-state index in [0.717, 1.165) is 4.47 Å². The summed E-state index contributed by atoms with van der Waals surface area (Å²) in [5.74, 6) is -0.257. The summed E-state index contributed by atoms with van der Waals surface area (Å²) in [6.45, 7) is 3.73. The molecule has 0 aliphatic heterocycles. The highest BCUT2D eigenvalue weighted by molar-refractivity contribution is 9.10. The van der Waals surface area contributed by atoms with Gasteiger partial charge in [-0.1, -0.05) is 15.9 Å². The van der Waals surface area contributed by atoms with Crippen molar-refractivity contribution in [2.75, 3.05) is 14.1 Å². The zero-order chi connectivity index (χ0) is 13.2. The van der Waals surface area contributed by atoms with Crippen molar-refractivity contribution < 1.29 is 9.18 Å². The molecule has 1 aromatic carbocycles. The van der Waals surface area contributed by atoms with Gasteiger partial charge in [-0.15, -0.1) is 0 Å². The number of hydrogen-bond donors (Lipinski definition) is 0. The number of carbonyl (C=O) groups is 1.